The second kappa shape index (κ2) is 6.03. The molecule has 0 aliphatic carbocycles. The van der Waals surface area contributed by atoms with Crippen LogP contribution in [0.5, 0.6) is 0 Å². The van der Waals surface area contributed by atoms with Gasteiger partial charge < -0.3 is 15.9 Å². The summed E-state index contributed by atoms with van der Waals surface area (Å²) in [4.78, 5) is 9.00. The van der Waals surface area contributed by atoms with Crippen LogP contribution in [0.1, 0.15) is 5.76 Å². The van der Waals surface area contributed by atoms with Crippen LogP contribution in [0.3, 0.4) is 0 Å². The van der Waals surface area contributed by atoms with E-state index < -0.39 is 6.03 Å². The molecule has 4 N–H and O–H groups in total. The van der Waals surface area contributed by atoms with Crippen molar-refractivity contribution in [2.45, 2.75) is 6.42 Å². The second-order valence-electron chi connectivity index (χ2n) is 1.97. The summed E-state index contributed by atoms with van der Waals surface area (Å²) in [5.74, 6) is 0.972. The van der Waals surface area contributed by atoms with Crippen LogP contribution in [0, 0.1) is 0 Å². The standard InChI is InChI=1S/C7H8O.CH4N2O/c1-2-4-7-5-3-6-8-7;2-1(3)4/h2-3,5-6H,1,4H2;(H4,2,3,4). The highest BCUT2D eigenvalue weighted by molar-refractivity contribution is 5.69. The molecule has 0 aromatic carbocycles. The monoisotopic (exact) mass is 168 g/mol. The molecule has 0 unspecified atom stereocenters. The first-order chi connectivity index (χ1) is 5.66. The molecule has 1 aromatic heterocycles. The first kappa shape index (κ1) is 10.3. The minimum absolute atomic E-state index is 0.826. The Bertz CT molecular complexity index is 225. The highest BCUT2D eigenvalue weighted by Gasteiger charge is 1.86. The molecule has 0 bridgehead atoms. The average molecular weight is 168 g/mol. The number of nitrogens with two attached hydrogens (primary N) is 2. The first-order valence-electron chi connectivity index (χ1n) is 3.35. The van der Waals surface area contributed by atoms with Gasteiger partial charge in [0.25, 0.3) is 0 Å². The number of amides is 2. The normalized spacial score (nSPS) is 8.00. The smallest absolute Gasteiger partial charge is 0.309 e. The Labute approximate surface area is 70.8 Å². The molecule has 4 nitrogen and oxygen atoms in total. The molecule has 0 saturated heterocycles. The molecular weight excluding hydrogens is 156 g/mol. The van der Waals surface area contributed by atoms with E-state index in [1.807, 2.05) is 18.2 Å². The summed E-state index contributed by atoms with van der Waals surface area (Å²) in [5.41, 5.74) is 8.50. The molecule has 4 heteroatoms. The maximum atomic E-state index is 9.00. The minimum Gasteiger partial charge on any atom is -0.469 e. The van der Waals surface area contributed by atoms with E-state index in [9.17, 15) is 0 Å². The molecular formula is C8H12N2O2. The molecule has 0 radical (unpaired) electrons. The number of urea groups is 1. The number of primary amides is 2. The second-order valence-corrected chi connectivity index (χ2v) is 1.97. The van der Waals surface area contributed by atoms with Crippen molar-refractivity contribution in [3.63, 3.8) is 0 Å². The van der Waals surface area contributed by atoms with Gasteiger partial charge in [0.05, 0.1) is 6.26 Å². The highest BCUT2D eigenvalue weighted by atomic mass is 16.3. The van der Waals surface area contributed by atoms with Gasteiger partial charge in [-0.25, -0.2) is 4.79 Å². The lowest BCUT2D eigenvalue weighted by Gasteiger charge is -1.81. The van der Waals surface area contributed by atoms with Crippen molar-refractivity contribution in [2.24, 2.45) is 11.5 Å². The summed E-state index contributed by atoms with van der Waals surface area (Å²) in [6, 6.07) is 2.97. The zero-order valence-corrected chi connectivity index (χ0v) is 6.69. The van der Waals surface area contributed by atoms with Gasteiger partial charge in [0.1, 0.15) is 5.76 Å². The van der Waals surface area contributed by atoms with Crippen LogP contribution < -0.4 is 11.5 Å². The van der Waals surface area contributed by atoms with Crippen molar-refractivity contribution in [2.75, 3.05) is 0 Å². The Morgan fingerprint density at radius 3 is 2.58 bits per heavy atom. The quantitative estimate of drug-likeness (QED) is 0.646. The summed E-state index contributed by atoms with van der Waals surface area (Å²) < 4.78 is 5.00. The van der Waals surface area contributed by atoms with E-state index in [1.165, 1.54) is 0 Å². The fourth-order valence-corrected chi connectivity index (χ4v) is 0.571. The maximum absolute atomic E-state index is 9.00. The van der Waals surface area contributed by atoms with E-state index in [0.29, 0.717) is 0 Å². The molecule has 66 valence electrons. The summed E-state index contributed by atoms with van der Waals surface area (Å²) in [7, 11) is 0. The Morgan fingerprint density at radius 2 is 2.25 bits per heavy atom. The molecule has 0 saturated carbocycles. The predicted octanol–water partition coefficient (Wildman–Crippen LogP) is 1.03. The maximum Gasteiger partial charge on any atom is 0.309 e. The number of rotatable bonds is 2. The van der Waals surface area contributed by atoms with Crippen molar-refractivity contribution in [3.05, 3.63) is 36.8 Å². The van der Waals surface area contributed by atoms with Crippen molar-refractivity contribution in [3.8, 4) is 0 Å². The van der Waals surface area contributed by atoms with Gasteiger partial charge >= 0.3 is 6.03 Å². The minimum atomic E-state index is -0.833. The molecule has 0 aliphatic heterocycles. The van der Waals surface area contributed by atoms with Gasteiger partial charge in [-0.15, -0.1) is 6.58 Å². The van der Waals surface area contributed by atoms with Crippen LogP contribution in [0.4, 0.5) is 4.79 Å². The van der Waals surface area contributed by atoms with Crippen LogP contribution in [-0.2, 0) is 6.42 Å². The van der Waals surface area contributed by atoms with Crippen molar-refractivity contribution >= 4 is 6.03 Å². The third-order valence-corrected chi connectivity index (χ3v) is 0.926. The fraction of sp³-hybridized carbons (Fsp3) is 0.125. The number of furan rings is 1. The fourth-order valence-electron chi connectivity index (χ4n) is 0.571. The van der Waals surface area contributed by atoms with E-state index in [2.05, 4.69) is 18.0 Å². The number of hydrogen-bond acceptors (Lipinski definition) is 2. The van der Waals surface area contributed by atoms with E-state index in [1.54, 1.807) is 6.26 Å². The molecule has 1 aromatic rings. The van der Waals surface area contributed by atoms with Gasteiger partial charge in [-0.1, -0.05) is 6.08 Å². The molecule has 0 fully saturated rings. The van der Waals surface area contributed by atoms with E-state index in [-0.39, 0.29) is 0 Å². The zero-order valence-electron chi connectivity index (χ0n) is 6.69. The average Bonchev–Trinajstić information content (AvgIpc) is 2.39. The molecule has 0 spiro atoms. The molecule has 0 aliphatic rings. The van der Waals surface area contributed by atoms with Gasteiger partial charge in [-0.2, -0.15) is 0 Å². The van der Waals surface area contributed by atoms with E-state index >= 15 is 0 Å². The summed E-state index contributed by atoms with van der Waals surface area (Å²) in [5, 5.41) is 0. The highest BCUT2D eigenvalue weighted by Crippen LogP contribution is 1.99. The van der Waals surface area contributed by atoms with Crippen LogP contribution in [0.2, 0.25) is 0 Å². The van der Waals surface area contributed by atoms with Crippen LogP contribution in [0.25, 0.3) is 0 Å². The Kier molecular flexibility index (Phi) is 5.17. The van der Waals surface area contributed by atoms with Gasteiger partial charge in [-0.05, 0) is 12.1 Å². The number of carbonyl (C=O) groups excluding carboxylic acids is 1. The third kappa shape index (κ3) is 6.41. The number of carbonyl (C=O) groups is 1. The Hall–Kier alpha value is -1.71. The van der Waals surface area contributed by atoms with Crippen molar-refractivity contribution in [1.29, 1.82) is 0 Å². The SMILES string of the molecule is C=CCc1ccco1.NC(N)=O. The predicted molar refractivity (Wildman–Crippen MR) is 46.4 cm³/mol. The van der Waals surface area contributed by atoms with Gasteiger partial charge in [-0.3, -0.25) is 0 Å². The van der Waals surface area contributed by atoms with Crippen molar-refractivity contribution < 1.29 is 9.21 Å². The molecule has 1 heterocycles. The third-order valence-electron chi connectivity index (χ3n) is 0.926. The Balaban J connectivity index is 0.000000261. The first-order valence-corrected chi connectivity index (χ1v) is 3.35. The zero-order chi connectivity index (χ0) is 9.40. The number of allylic oxidation sites excluding steroid dienone is 1. The van der Waals surface area contributed by atoms with Gasteiger partial charge in [0.2, 0.25) is 0 Å². The van der Waals surface area contributed by atoms with Gasteiger partial charge in [0.15, 0.2) is 0 Å². The topological polar surface area (TPSA) is 82.2 Å². The van der Waals surface area contributed by atoms with Crippen LogP contribution in [0.15, 0.2) is 35.5 Å². The van der Waals surface area contributed by atoms with Crippen molar-refractivity contribution in [1.82, 2.24) is 0 Å². The Morgan fingerprint density at radius 1 is 1.67 bits per heavy atom. The molecule has 2 amide bonds. The summed E-state index contributed by atoms with van der Waals surface area (Å²) in [6.07, 6.45) is 4.31. The van der Waals surface area contributed by atoms with E-state index in [0.717, 1.165) is 12.2 Å². The van der Waals surface area contributed by atoms with Crippen LogP contribution >= 0.6 is 0 Å². The number of hydrogen-bond donors (Lipinski definition) is 2. The lowest BCUT2D eigenvalue weighted by atomic mass is 10.3. The summed E-state index contributed by atoms with van der Waals surface area (Å²) >= 11 is 0. The molecule has 0 atom stereocenters. The largest absolute Gasteiger partial charge is 0.469 e. The molecule has 1 rings (SSSR count). The molecule has 12 heavy (non-hydrogen) atoms. The van der Waals surface area contributed by atoms with E-state index in [4.69, 9.17) is 9.21 Å². The lowest BCUT2D eigenvalue weighted by molar-refractivity contribution is 0.256. The summed E-state index contributed by atoms with van der Waals surface area (Å²) in [6.45, 7) is 3.58. The van der Waals surface area contributed by atoms with Crippen LogP contribution in [-0.4, -0.2) is 6.03 Å². The lowest BCUT2D eigenvalue weighted by Crippen LogP contribution is -2.18. The van der Waals surface area contributed by atoms with Gasteiger partial charge in [0, 0.05) is 6.42 Å².